The third-order valence-corrected chi connectivity index (χ3v) is 7.43. The van der Waals surface area contributed by atoms with Crippen LogP contribution in [0.3, 0.4) is 0 Å². The molecule has 0 bridgehead atoms. The molecule has 1 saturated heterocycles. The van der Waals surface area contributed by atoms with Gasteiger partial charge in [0.25, 0.3) is 0 Å². The molecule has 0 radical (unpaired) electrons. The van der Waals surface area contributed by atoms with Gasteiger partial charge in [0, 0.05) is 45.2 Å². The van der Waals surface area contributed by atoms with Crippen LogP contribution in [0.25, 0.3) is 0 Å². The first-order valence-electron chi connectivity index (χ1n) is 12.2. The maximum atomic E-state index is 13.0. The molecule has 1 unspecified atom stereocenters. The zero-order chi connectivity index (χ0) is 24.2. The molecule has 2 aliphatic rings. The summed E-state index contributed by atoms with van der Waals surface area (Å²) in [7, 11) is 1.66. The number of methoxy groups -OCH3 is 1. The molecule has 0 amide bonds. The molecule has 186 valence electrons. The number of piperazine rings is 1. The van der Waals surface area contributed by atoms with Crippen molar-refractivity contribution in [3.8, 4) is 5.75 Å². The Bertz CT molecular complexity index is 935. The van der Waals surface area contributed by atoms with Gasteiger partial charge in [-0.05, 0) is 42.2 Å². The third-order valence-electron chi connectivity index (χ3n) is 7.43. The molecular formula is C27H35F3N2O2. The Morgan fingerprint density at radius 1 is 0.941 bits per heavy atom. The first-order valence-corrected chi connectivity index (χ1v) is 12.2. The zero-order valence-corrected chi connectivity index (χ0v) is 19.9. The quantitative estimate of drug-likeness (QED) is 0.588. The summed E-state index contributed by atoms with van der Waals surface area (Å²) in [6.07, 6.45) is 0.558. The highest BCUT2D eigenvalue weighted by molar-refractivity contribution is 5.33. The lowest BCUT2D eigenvalue weighted by atomic mass is 9.72. The Labute approximate surface area is 200 Å². The standard InChI is InChI=1S/C27H35F3N2O2/c1-34-24-10-6-8-22(18-24)25(26(33)11-3-2-4-12-26)20-32-15-13-31(14-16-32)19-21-7-5-9-23(17-21)27(28,29)30/h5-10,17-18,25,33H,2-4,11-16,19-20H2,1H3. The first kappa shape index (κ1) is 25.0. The molecule has 1 aliphatic carbocycles. The van der Waals surface area contributed by atoms with Gasteiger partial charge in [-0.3, -0.25) is 4.90 Å². The molecule has 1 saturated carbocycles. The third kappa shape index (κ3) is 6.12. The maximum Gasteiger partial charge on any atom is 0.416 e. The minimum Gasteiger partial charge on any atom is -0.497 e. The lowest BCUT2D eigenvalue weighted by Gasteiger charge is -2.43. The van der Waals surface area contributed by atoms with E-state index in [2.05, 4.69) is 15.9 Å². The molecular weight excluding hydrogens is 441 g/mol. The molecule has 0 spiro atoms. The lowest BCUT2D eigenvalue weighted by molar-refractivity contribution is -0.137. The van der Waals surface area contributed by atoms with Crippen molar-refractivity contribution in [2.45, 2.75) is 56.3 Å². The molecule has 1 atom stereocenters. The van der Waals surface area contributed by atoms with Crippen LogP contribution in [0, 0.1) is 0 Å². The van der Waals surface area contributed by atoms with Crippen LogP contribution in [-0.4, -0.2) is 60.3 Å². The lowest BCUT2D eigenvalue weighted by Crippen LogP contribution is -2.50. The smallest absolute Gasteiger partial charge is 0.416 e. The Balaban J connectivity index is 1.41. The monoisotopic (exact) mass is 476 g/mol. The number of benzene rings is 2. The molecule has 4 rings (SSSR count). The summed E-state index contributed by atoms with van der Waals surface area (Å²) in [6.45, 7) is 4.52. The van der Waals surface area contributed by atoms with Crippen molar-refractivity contribution in [3.05, 3.63) is 65.2 Å². The summed E-state index contributed by atoms with van der Waals surface area (Å²) in [6, 6.07) is 13.7. The van der Waals surface area contributed by atoms with Crippen molar-refractivity contribution in [2.75, 3.05) is 39.8 Å². The van der Waals surface area contributed by atoms with Crippen LogP contribution in [0.5, 0.6) is 5.75 Å². The second-order valence-corrected chi connectivity index (χ2v) is 9.77. The average molecular weight is 477 g/mol. The van der Waals surface area contributed by atoms with E-state index in [0.29, 0.717) is 12.1 Å². The largest absolute Gasteiger partial charge is 0.497 e. The van der Waals surface area contributed by atoms with Crippen LogP contribution in [0.2, 0.25) is 0 Å². The van der Waals surface area contributed by atoms with E-state index in [9.17, 15) is 18.3 Å². The van der Waals surface area contributed by atoms with E-state index in [-0.39, 0.29) is 5.92 Å². The number of hydrogen-bond donors (Lipinski definition) is 1. The number of halogens is 3. The van der Waals surface area contributed by atoms with Crippen LogP contribution in [0.4, 0.5) is 13.2 Å². The summed E-state index contributed by atoms with van der Waals surface area (Å²) in [5.74, 6) is 0.797. The second-order valence-electron chi connectivity index (χ2n) is 9.77. The molecule has 1 aliphatic heterocycles. The number of aliphatic hydroxyl groups is 1. The molecule has 2 aromatic carbocycles. The van der Waals surface area contributed by atoms with Gasteiger partial charge in [0.1, 0.15) is 5.75 Å². The molecule has 2 fully saturated rings. The number of nitrogens with zero attached hydrogens (tertiary/aromatic N) is 2. The number of hydrogen-bond acceptors (Lipinski definition) is 4. The fraction of sp³-hybridized carbons (Fsp3) is 0.556. The highest BCUT2D eigenvalue weighted by atomic mass is 19.4. The van der Waals surface area contributed by atoms with Gasteiger partial charge in [0.2, 0.25) is 0 Å². The summed E-state index contributed by atoms with van der Waals surface area (Å²) < 4.78 is 44.6. The molecule has 1 N–H and O–H groups in total. The summed E-state index contributed by atoms with van der Waals surface area (Å²) >= 11 is 0. The van der Waals surface area contributed by atoms with Crippen molar-refractivity contribution < 1.29 is 23.0 Å². The topological polar surface area (TPSA) is 35.9 Å². The van der Waals surface area contributed by atoms with Gasteiger partial charge in [-0.2, -0.15) is 13.2 Å². The molecule has 7 heteroatoms. The normalized spacial score (nSPS) is 20.7. The zero-order valence-electron chi connectivity index (χ0n) is 19.9. The van der Waals surface area contributed by atoms with Gasteiger partial charge in [0.05, 0.1) is 18.3 Å². The minimum absolute atomic E-state index is 0.00193. The van der Waals surface area contributed by atoms with E-state index >= 15 is 0 Å². The highest BCUT2D eigenvalue weighted by Gasteiger charge is 2.40. The van der Waals surface area contributed by atoms with Gasteiger partial charge in [-0.1, -0.05) is 49.6 Å². The molecule has 0 aromatic heterocycles. The van der Waals surface area contributed by atoms with Crippen molar-refractivity contribution >= 4 is 0 Å². The van der Waals surface area contributed by atoms with E-state index in [1.54, 1.807) is 13.2 Å². The van der Waals surface area contributed by atoms with Crippen LogP contribution < -0.4 is 4.74 Å². The van der Waals surface area contributed by atoms with Crippen LogP contribution in [0.15, 0.2) is 48.5 Å². The van der Waals surface area contributed by atoms with E-state index < -0.39 is 17.3 Å². The second kappa shape index (κ2) is 10.7. The van der Waals surface area contributed by atoms with Gasteiger partial charge < -0.3 is 14.7 Å². The highest BCUT2D eigenvalue weighted by Crippen LogP contribution is 2.41. The first-order chi connectivity index (χ1) is 16.3. The number of ether oxygens (including phenoxy) is 1. The van der Waals surface area contributed by atoms with Crippen LogP contribution >= 0.6 is 0 Å². The SMILES string of the molecule is COc1cccc(C(CN2CCN(Cc3cccc(C(F)(F)F)c3)CC2)C2(O)CCCCC2)c1. The molecule has 1 heterocycles. The van der Waals surface area contributed by atoms with Crippen molar-refractivity contribution in [2.24, 2.45) is 0 Å². The Morgan fingerprint density at radius 2 is 1.62 bits per heavy atom. The fourth-order valence-corrected chi connectivity index (χ4v) is 5.45. The Morgan fingerprint density at radius 3 is 2.29 bits per heavy atom. The van der Waals surface area contributed by atoms with E-state index in [4.69, 9.17) is 4.74 Å². The average Bonchev–Trinajstić information content (AvgIpc) is 2.83. The summed E-state index contributed by atoms with van der Waals surface area (Å²) in [5, 5.41) is 11.6. The van der Waals surface area contributed by atoms with Gasteiger partial charge in [-0.25, -0.2) is 0 Å². The van der Waals surface area contributed by atoms with E-state index in [0.717, 1.165) is 75.8 Å². The molecule has 2 aromatic rings. The van der Waals surface area contributed by atoms with Crippen LogP contribution in [-0.2, 0) is 12.7 Å². The van der Waals surface area contributed by atoms with Crippen LogP contribution in [0.1, 0.15) is 54.7 Å². The molecule has 34 heavy (non-hydrogen) atoms. The van der Waals surface area contributed by atoms with E-state index in [1.807, 2.05) is 18.2 Å². The number of alkyl halides is 3. The maximum absolute atomic E-state index is 13.0. The minimum atomic E-state index is -4.32. The summed E-state index contributed by atoms with van der Waals surface area (Å²) in [5.41, 5.74) is 0.481. The van der Waals surface area contributed by atoms with Crippen molar-refractivity contribution in [3.63, 3.8) is 0 Å². The van der Waals surface area contributed by atoms with E-state index in [1.165, 1.54) is 18.6 Å². The molecule has 4 nitrogen and oxygen atoms in total. The predicted molar refractivity (Wildman–Crippen MR) is 127 cm³/mol. The predicted octanol–water partition coefficient (Wildman–Crippen LogP) is 5.31. The van der Waals surface area contributed by atoms with Crippen molar-refractivity contribution in [1.82, 2.24) is 9.80 Å². The number of rotatable bonds is 7. The van der Waals surface area contributed by atoms with Gasteiger partial charge >= 0.3 is 6.18 Å². The fourth-order valence-electron chi connectivity index (χ4n) is 5.45. The summed E-state index contributed by atoms with van der Waals surface area (Å²) in [4.78, 5) is 4.60. The Kier molecular flexibility index (Phi) is 7.85. The Hall–Kier alpha value is -2.09. The van der Waals surface area contributed by atoms with Crippen molar-refractivity contribution in [1.29, 1.82) is 0 Å². The van der Waals surface area contributed by atoms with Gasteiger partial charge in [-0.15, -0.1) is 0 Å². The van der Waals surface area contributed by atoms with Gasteiger partial charge in [0.15, 0.2) is 0 Å².